The maximum atomic E-state index is 12.8. The minimum atomic E-state index is -3.82. The van der Waals surface area contributed by atoms with E-state index >= 15 is 0 Å². The molecule has 2 aromatic rings. The molecular formula is C8H5ClFN3O2S2. The van der Waals surface area contributed by atoms with E-state index in [0.29, 0.717) is 0 Å². The van der Waals surface area contributed by atoms with Crippen LogP contribution in [0, 0.1) is 5.95 Å². The van der Waals surface area contributed by atoms with Gasteiger partial charge in [-0.25, -0.2) is 18.4 Å². The van der Waals surface area contributed by atoms with Gasteiger partial charge in [0.25, 0.3) is 10.0 Å². The molecule has 0 radical (unpaired) electrons. The van der Waals surface area contributed by atoms with Crippen molar-refractivity contribution in [2.24, 2.45) is 0 Å². The molecule has 0 bridgehead atoms. The Balaban J connectivity index is 2.29. The summed E-state index contributed by atoms with van der Waals surface area (Å²) in [6.07, 6.45) is 1.12. The van der Waals surface area contributed by atoms with Crippen molar-refractivity contribution in [1.29, 1.82) is 0 Å². The molecule has 0 atom stereocenters. The molecule has 0 unspecified atom stereocenters. The lowest BCUT2D eigenvalue weighted by Gasteiger charge is -2.03. The maximum absolute atomic E-state index is 12.8. The Morgan fingerprint density at radius 2 is 2.18 bits per heavy atom. The summed E-state index contributed by atoms with van der Waals surface area (Å²) in [5.74, 6) is -0.873. The summed E-state index contributed by atoms with van der Waals surface area (Å²) < 4.78 is 38.5. The number of rotatable bonds is 3. The minimum absolute atomic E-state index is 0.0615. The highest BCUT2D eigenvalue weighted by Crippen LogP contribution is 2.24. The van der Waals surface area contributed by atoms with Gasteiger partial charge in [0.15, 0.2) is 8.68 Å². The van der Waals surface area contributed by atoms with Crippen LogP contribution in [-0.2, 0) is 10.0 Å². The van der Waals surface area contributed by atoms with E-state index in [4.69, 9.17) is 11.6 Å². The lowest BCUT2D eigenvalue weighted by Crippen LogP contribution is -2.12. The van der Waals surface area contributed by atoms with Crippen LogP contribution in [0.5, 0.6) is 0 Å². The van der Waals surface area contributed by atoms with Crippen LogP contribution in [0.2, 0.25) is 4.47 Å². The number of anilines is 1. The third-order valence-corrected chi connectivity index (χ3v) is 4.61. The van der Waals surface area contributed by atoms with Gasteiger partial charge in [-0.2, -0.15) is 4.39 Å². The number of hydrogen-bond donors (Lipinski definition) is 1. The monoisotopic (exact) mass is 293 g/mol. The largest absolute Gasteiger partial charge is 0.274 e. The Morgan fingerprint density at radius 1 is 1.41 bits per heavy atom. The zero-order chi connectivity index (χ0) is 12.5. The first-order chi connectivity index (χ1) is 7.97. The second-order valence-electron chi connectivity index (χ2n) is 2.88. The fourth-order valence-corrected chi connectivity index (χ4v) is 3.31. The number of sulfonamides is 1. The van der Waals surface area contributed by atoms with Gasteiger partial charge in [-0.15, -0.1) is 0 Å². The van der Waals surface area contributed by atoms with Gasteiger partial charge in [-0.3, -0.25) is 4.72 Å². The quantitative estimate of drug-likeness (QED) is 0.880. The number of thiazole rings is 1. The van der Waals surface area contributed by atoms with Gasteiger partial charge in [0.05, 0.1) is 6.20 Å². The van der Waals surface area contributed by atoms with E-state index in [1.54, 1.807) is 0 Å². The van der Waals surface area contributed by atoms with Crippen LogP contribution in [0.25, 0.3) is 0 Å². The Bertz CT molecular complexity index is 644. The number of aromatic nitrogens is 2. The van der Waals surface area contributed by atoms with Crippen LogP contribution in [0.4, 0.5) is 10.2 Å². The molecule has 0 aliphatic heterocycles. The fourth-order valence-electron chi connectivity index (χ4n) is 1.02. The molecule has 2 heterocycles. The average molecular weight is 294 g/mol. The van der Waals surface area contributed by atoms with Gasteiger partial charge in [0, 0.05) is 0 Å². The minimum Gasteiger partial charge on any atom is -0.263 e. The molecule has 9 heteroatoms. The van der Waals surface area contributed by atoms with Gasteiger partial charge in [0.1, 0.15) is 5.82 Å². The average Bonchev–Trinajstić information content (AvgIpc) is 2.65. The molecule has 0 saturated carbocycles. The highest BCUT2D eigenvalue weighted by Gasteiger charge is 2.18. The first-order valence-corrected chi connectivity index (χ1v) is 6.92. The van der Waals surface area contributed by atoms with Crippen LogP contribution in [0.1, 0.15) is 0 Å². The molecule has 0 spiro atoms. The van der Waals surface area contributed by atoms with Crippen molar-refractivity contribution < 1.29 is 12.8 Å². The molecule has 17 heavy (non-hydrogen) atoms. The van der Waals surface area contributed by atoms with Crippen molar-refractivity contribution in [3.63, 3.8) is 0 Å². The summed E-state index contributed by atoms with van der Waals surface area (Å²) in [4.78, 5) is 7.00. The normalized spacial score (nSPS) is 11.4. The zero-order valence-corrected chi connectivity index (χ0v) is 10.5. The van der Waals surface area contributed by atoms with E-state index in [0.717, 1.165) is 23.6 Å². The molecule has 0 amide bonds. The molecule has 5 nitrogen and oxygen atoms in total. The molecule has 0 aliphatic carbocycles. The zero-order valence-electron chi connectivity index (χ0n) is 8.09. The van der Waals surface area contributed by atoms with E-state index in [2.05, 4.69) is 14.7 Å². The van der Waals surface area contributed by atoms with Crippen molar-refractivity contribution in [2.75, 3.05) is 4.72 Å². The summed E-state index contributed by atoms with van der Waals surface area (Å²) in [6, 6.07) is 3.80. The van der Waals surface area contributed by atoms with Crippen molar-refractivity contribution in [1.82, 2.24) is 9.97 Å². The molecule has 2 rings (SSSR count). The summed E-state index contributed by atoms with van der Waals surface area (Å²) in [7, 11) is -3.82. The lowest BCUT2D eigenvalue weighted by molar-refractivity contribution is 0.585. The Kier molecular flexibility index (Phi) is 3.27. The first-order valence-electron chi connectivity index (χ1n) is 4.24. The summed E-state index contributed by atoms with van der Waals surface area (Å²) >= 11 is 6.33. The molecule has 0 saturated heterocycles. The molecule has 0 aromatic carbocycles. The van der Waals surface area contributed by atoms with Crippen molar-refractivity contribution in [3.8, 4) is 0 Å². The highest BCUT2D eigenvalue weighted by atomic mass is 35.5. The molecule has 90 valence electrons. The van der Waals surface area contributed by atoms with Crippen molar-refractivity contribution in [3.05, 3.63) is 34.8 Å². The van der Waals surface area contributed by atoms with Crippen LogP contribution < -0.4 is 4.72 Å². The van der Waals surface area contributed by atoms with E-state index in [1.807, 2.05) is 0 Å². The Hall–Kier alpha value is -1.25. The number of pyridine rings is 1. The summed E-state index contributed by atoms with van der Waals surface area (Å²) in [6.45, 7) is 0. The molecule has 0 aliphatic rings. The van der Waals surface area contributed by atoms with Crippen LogP contribution >= 0.6 is 22.9 Å². The highest BCUT2D eigenvalue weighted by molar-refractivity contribution is 7.94. The van der Waals surface area contributed by atoms with Gasteiger partial charge >= 0.3 is 0 Å². The molecular weight excluding hydrogens is 289 g/mol. The Labute approximate surface area is 105 Å². The maximum Gasteiger partial charge on any atom is 0.274 e. The van der Waals surface area contributed by atoms with Gasteiger partial charge < -0.3 is 0 Å². The predicted molar refractivity (Wildman–Crippen MR) is 62.1 cm³/mol. The second kappa shape index (κ2) is 4.55. The molecule has 0 fully saturated rings. The van der Waals surface area contributed by atoms with E-state index in [9.17, 15) is 12.8 Å². The first kappa shape index (κ1) is 12.2. The number of nitrogens with zero attached hydrogens (tertiary/aromatic N) is 2. The summed E-state index contributed by atoms with van der Waals surface area (Å²) in [5.41, 5.74) is 0. The van der Waals surface area contributed by atoms with Crippen LogP contribution in [-0.4, -0.2) is 18.4 Å². The van der Waals surface area contributed by atoms with Gasteiger partial charge in [-0.1, -0.05) is 29.0 Å². The number of hydrogen-bond acceptors (Lipinski definition) is 5. The standard InChI is InChI=1S/C8H5ClFN3O2S2/c9-8-11-4-7(16-8)17(14,15)13-6-3-1-2-5(10)12-6/h1-4H,(H,12,13). The predicted octanol–water partition coefficient (Wildman–Crippen LogP) is 2.13. The van der Waals surface area contributed by atoms with Crippen molar-refractivity contribution >= 4 is 38.8 Å². The topological polar surface area (TPSA) is 72.0 Å². The molecule has 1 N–H and O–H groups in total. The van der Waals surface area contributed by atoms with Crippen LogP contribution in [0.15, 0.2) is 28.6 Å². The van der Waals surface area contributed by atoms with E-state index < -0.39 is 16.0 Å². The summed E-state index contributed by atoms with van der Waals surface area (Å²) in [5, 5.41) is 0. The molecule has 2 aromatic heterocycles. The smallest absolute Gasteiger partial charge is 0.263 e. The fraction of sp³-hybridized carbons (Fsp3) is 0. The SMILES string of the molecule is O=S(=O)(Nc1cccc(F)n1)c1cnc(Cl)s1. The Morgan fingerprint density at radius 3 is 2.76 bits per heavy atom. The van der Waals surface area contributed by atoms with E-state index in [1.165, 1.54) is 12.1 Å². The van der Waals surface area contributed by atoms with Gasteiger partial charge in [-0.05, 0) is 12.1 Å². The lowest BCUT2D eigenvalue weighted by atomic mass is 10.5. The second-order valence-corrected chi connectivity index (χ2v) is 6.41. The third kappa shape index (κ3) is 2.90. The van der Waals surface area contributed by atoms with E-state index in [-0.39, 0.29) is 14.5 Å². The van der Waals surface area contributed by atoms with Crippen molar-refractivity contribution in [2.45, 2.75) is 4.21 Å². The third-order valence-electron chi connectivity index (χ3n) is 1.68. The number of halogens is 2. The van der Waals surface area contributed by atoms with Gasteiger partial charge in [0.2, 0.25) is 5.95 Å². The van der Waals surface area contributed by atoms with Crippen LogP contribution in [0.3, 0.4) is 0 Å². The number of nitrogens with one attached hydrogen (secondary N) is 1.